The van der Waals surface area contributed by atoms with Gasteiger partial charge in [-0.15, -0.1) is 0 Å². The van der Waals surface area contributed by atoms with Crippen LogP contribution in [-0.4, -0.2) is 21.3 Å². The molecule has 1 aliphatic rings. The van der Waals surface area contributed by atoms with Gasteiger partial charge >= 0.3 is 5.97 Å². The Morgan fingerprint density at radius 3 is 2.74 bits per heavy atom. The van der Waals surface area contributed by atoms with Crippen molar-refractivity contribution in [3.63, 3.8) is 0 Å². The predicted molar refractivity (Wildman–Crippen MR) is 72.4 cm³/mol. The predicted octanol–water partition coefficient (Wildman–Crippen LogP) is 2.96. The summed E-state index contributed by atoms with van der Waals surface area (Å²) in [6.45, 7) is 1.86. The zero-order valence-corrected chi connectivity index (χ0v) is 10.9. The number of carbonyl (C=O) groups is 1. The van der Waals surface area contributed by atoms with Crippen molar-refractivity contribution in [2.75, 3.05) is 0 Å². The number of carboxylic acid groups (broad SMARTS) is 1. The Hall–Kier alpha value is -2.10. The maximum Gasteiger partial charge on any atom is 0.357 e. The van der Waals surface area contributed by atoms with E-state index >= 15 is 0 Å². The molecule has 0 aliphatic heterocycles. The van der Waals surface area contributed by atoms with Crippen LogP contribution in [0.25, 0.3) is 11.1 Å². The average molecular weight is 256 g/mol. The lowest BCUT2D eigenvalue weighted by molar-refractivity contribution is 0.0691. The molecular formula is C15H16N2O2. The second-order valence-electron chi connectivity index (χ2n) is 5.07. The lowest BCUT2D eigenvalue weighted by atomic mass is 9.89. The van der Waals surface area contributed by atoms with E-state index in [0.717, 1.165) is 24.1 Å². The molecule has 0 bridgehead atoms. The number of aromatic carboxylic acids is 1. The van der Waals surface area contributed by atoms with Crippen molar-refractivity contribution in [3.05, 3.63) is 40.7 Å². The smallest absolute Gasteiger partial charge is 0.357 e. The van der Waals surface area contributed by atoms with Crippen molar-refractivity contribution in [3.8, 4) is 11.1 Å². The van der Waals surface area contributed by atoms with Crippen LogP contribution in [0, 0.1) is 6.92 Å². The second-order valence-corrected chi connectivity index (χ2v) is 5.07. The Labute approximate surface area is 111 Å². The highest BCUT2D eigenvalue weighted by Gasteiger charge is 2.19. The number of aryl methyl sites for hydroxylation is 3. The number of hydrogen-bond acceptors (Lipinski definition) is 2. The Kier molecular flexibility index (Phi) is 2.85. The lowest BCUT2D eigenvalue weighted by Crippen LogP contribution is -2.03. The molecule has 0 saturated carbocycles. The number of hydrogen-bond donors (Lipinski definition) is 2. The minimum Gasteiger partial charge on any atom is -0.476 e. The van der Waals surface area contributed by atoms with Gasteiger partial charge in [0.05, 0.1) is 0 Å². The number of fused-ring (bicyclic) bond motifs is 1. The van der Waals surface area contributed by atoms with Gasteiger partial charge in [-0.3, -0.25) is 5.10 Å². The minimum atomic E-state index is -0.989. The van der Waals surface area contributed by atoms with E-state index in [0.29, 0.717) is 5.56 Å². The van der Waals surface area contributed by atoms with Gasteiger partial charge in [0.1, 0.15) is 0 Å². The maximum absolute atomic E-state index is 11.2. The van der Waals surface area contributed by atoms with Gasteiger partial charge in [-0.25, -0.2) is 4.79 Å². The molecule has 0 fully saturated rings. The van der Waals surface area contributed by atoms with E-state index in [2.05, 4.69) is 22.3 Å². The molecule has 1 aromatic carbocycles. The molecule has 1 aromatic heterocycles. The van der Waals surface area contributed by atoms with Crippen LogP contribution in [-0.2, 0) is 12.8 Å². The highest BCUT2D eigenvalue weighted by Crippen LogP contribution is 2.30. The molecule has 4 nitrogen and oxygen atoms in total. The molecule has 0 radical (unpaired) electrons. The summed E-state index contributed by atoms with van der Waals surface area (Å²) in [5, 5.41) is 15.8. The van der Waals surface area contributed by atoms with Gasteiger partial charge in [-0.05, 0) is 49.3 Å². The van der Waals surface area contributed by atoms with E-state index in [4.69, 9.17) is 0 Å². The van der Waals surface area contributed by atoms with Crippen molar-refractivity contribution in [2.24, 2.45) is 0 Å². The maximum atomic E-state index is 11.2. The fourth-order valence-corrected chi connectivity index (χ4v) is 2.83. The molecule has 98 valence electrons. The first kappa shape index (κ1) is 12.0. The van der Waals surface area contributed by atoms with E-state index < -0.39 is 5.97 Å². The number of rotatable bonds is 2. The van der Waals surface area contributed by atoms with Gasteiger partial charge in [0, 0.05) is 11.3 Å². The fourth-order valence-electron chi connectivity index (χ4n) is 2.83. The highest BCUT2D eigenvalue weighted by molar-refractivity contribution is 5.94. The van der Waals surface area contributed by atoms with Crippen LogP contribution in [0.4, 0.5) is 0 Å². The number of carboxylic acids is 1. The quantitative estimate of drug-likeness (QED) is 0.868. The fraction of sp³-hybridized carbons (Fsp3) is 0.333. The molecule has 2 N–H and O–H groups in total. The number of aromatic nitrogens is 2. The SMILES string of the molecule is Cc1[nH]nc(C(=O)O)c1-c1ccc2c(c1)CCCC2. The summed E-state index contributed by atoms with van der Waals surface area (Å²) in [7, 11) is 0. The van der Waals surface area contributed by atoms with Crippen molar-refractivity contribution >= 4 is 5.97 Å². The molecule has 4 heteroatoms. The van der Waals surface area contributed by atoms with Gasteiger partial charge in [0.2, 0.25) is 0 Å². The van der Waals surface area contributed by atoms with Crippen molar-refractivity contribution < 1.29 is 9.90 Å². The first-order valence-electron chi connectivity index (χ1n) is 6.57. The number of benzene rings is 1. The molecule has 0 atom stereocenters. The summed E-state index contributed by atoms with van der Waals surface area (Å²) in [5.74, 6) is -0.989. The summed E-state index contributed by atoms with van der Waals surface area (Å²) < 4.78 is 0. The van der Waals surface area contributed by atoms with E-state index in [1.54, 1.807) is 0 Å². The standard InChI is InChI=1S/C15H16N2O2/c1-9-13(14(15(18)19)17-16-9)12-7-6-10-4-2-3-5-11(10)8-12/h6-8H,2-5H2,1H3,(H,16,17)(H,18,19). The first-order chi connectivity index (χ1) is 9.16. The van der Waals surface area contributed by atoms with Gasteiger partial charge in [0.25, 0.3) is 0 Å². The first-order valence-corrected chi connectivity index (χ1v) is 6.57. The van der Waals surface area contributed by atoms with Crippen LogP contribution in [0.2, 0.25) is 0 Å². The Bertz CT molecular complexity index is 644. The second kappa shape index (κ2) is 4.53. The third-order valence-corrected chi connectivity index (χ3v) is 3.79. The Balaban J connectivity index is 2.12. The van der Waals surface area contributed by atoms with Gasteiger partial charge in [-0.1, -0.05) is 18.2 Å². The lowest BCUT2D eigenvalue weighted by Gasteiger charge is -2.16. The highest BCUT2D eigenvalue weighted by atomic mass is 16.4. The topological polar surface area (TPSA) is 66.0 Å². The molecule has 1 aliphatic carbocycles. The summed E-state index contributed by atoms with van der Waals surface area (Å²) >= 11 is 0. The molecule has 19 heavy (non-hydrogen) atoms. The summed E-state index contributed by atoms with van der Waals surface area (Å²) in [4.78, 5) is 11.2. The summed E-state index contributed by atoms with van der Waals surface area (Å²) in [5.41, 5.74) is 5.31. The van der Waals surface area contributed by atoms with Crippen LogP contribution in [0.1, 0.15) is 40.2 Å². The Morgan fingerprint density at radius 1 is 1.26 bits per heavy atom. The molecule has 3 rings (SSSR count). The van der Waals surface area contributed by atoms with E-state index in [1.165, 1.54) is 24.0 Å². The largest absolute Gasteiger partial charge is 0.476 e. The van der Waals surface area contributed by atoms with Crippen LogP contribution in [0.3, 0.4) is 0 Å². The molecule has 2 aromatic rings. The van der Waals surface area contributed by atoms with Crippen molar-refractivity contribution in [1.82, 2.24) is 10.2 Å². The minimum absolute atomic E-state index is 0.105. The zero-order valence-electron chi connectivity index (χ0n) is 10.9. The Morgan fingerprint density at radius 2 is 2.00 bits per heavy atom. The van der Waals surface area contributed by atoms with Crippen molar-refractivity contribution in [2.45, 2.75) is 32.6 Å². The number of nitrogens with one attached hydrogen (secondary N) is 1. The van der Waals surface area contributed by atoms with E-state index in [1.807, 2.05) is 13.0 Å². The molecule has 0 unspecified atom stereocenters. The molecule has 0 spiro atoms. The van der Waals surface area contributed by atoms with Crippen LogP contribution in [0.5, 0.6) is 0 Å². The molecular weight excluding hydrogens is 240 g/mol. The third-order valence-electron chi connectivity index (χ3n) is 3.79. The molecule has 0 amide bonds. The number of aromatic amines is 1. The monoisotopic (exact) mass is 256 g/mol. The summed E-state index contributed by atoms with van der Waals surface area (Å²) in [6, 6.07) is 6.26. The average Bonchev–Trinajstić information content (AvgIpc) is 2.80. The van der Waals surface area contributed by atoms with E-state index in [-0.39, 0.29) is 5.69 Å². The van der Waals surface area contributed by atoms with Crippen LogP contribution < -0.4 is 0 Å². The number of H-pyrrole nitrogens is 1. The van der Waals surface area contributed by atoms with Gasteiger partial charge < -0.3 is 5.11 Å². The zero-order chi connectivity index (χ0) is 13.4. The third kappa shape index (κ3) is 2.03. The molecule has 0 saturated heterocycles. The molecule has 1 heterocycles. The normalized spacial score (nSPS) is 14.2. The van der Waals surface area contributed by atoms with Gasteiger partial charge in [-0.2, -0.15) is 5.10 Å². The van der Waals surface area contributed by atoms with Crippen molar-refractivity contribution in [1.29, 1.82) is 0 Å². The van der Waals surface area contributed by atoms with Crippen LogP contribution in [0.15, 0.2) is 18.2 Å². The van der Waals surface area contributed by atoms with Crippen LogP contribution >= 0.6 is 0 Å². The van der Waals surface area contributed by atoms with Gasteiger partial charge in [0.15, 0.2) is 5.69 Å². The summed E-state index contributed by atoms with van der Waals surface area (Å²) in [6.07, 6.45) is 4.68. The number of nitrogens with zero attached hydrogens (tertiary/aromatic N) is 1. The van der Waals surface area contributed by atoms with E-state index in [9.17, 15) is 9.90 Å².